The lowest BCUT2D eigenvalue weighted by Crippen LogP contribution is -2.43. The Hall–Kier alpha value is -2.33. The molecule has 1 amide bonds. The lowest BCUT2D eigenvalue weighted by molar-refractivity contribution is -0.126. The van der Waals surface area contributed by atoms with Crippen LogP contribution in [0.5, 0.6) is 5.75 Å². The Labute approximate surface area is 167 Å². The highest BCUT2D eigenvalue weighted by molar-refractivity contribution is 5.79. The van der Waals surface area contributed by atoms with Crippen LogP contribution in [0.4, 0.5) is 0 Å². The minimum atomic E-state index is -0.0773. The molecule has 0 aromatic heterocycles. The third kappa shape index (κ3) is 4.93. The van der Waals surface area contributed by atoms with Gasteiger partial charge in [0.1, 0.15) is 12.4 Å². The van der Waals surface area contributed by atoms with E-state index < -0.39 is 0 Å². The first-order chi connectivity index (χ1) is 13.8. The Bertz CT molecular complexity index is 769. The molecule has 1 N–H and O–H groups in total. The molecule has 4 rings (SSSR count). The van der Waals surface area contributed by atoms with Crippen LogP contribution in [0.25, 0.3) is 0 Å². The van der Waals surface area contributed by atoms with E-state index in [9.17, 15) is 4.79 Å². The molecule has 4 nitrogen and oxygen atoms in total. The van der Waals surface area contributed by atoms with Crippen molar-refractivity contribution in [3.8, 4) is 5.75 Å². The number of carbonyl (C=O) groups excluding carboxylic acids is 1. The van der Waals surface area contributed by atoms with Gasteiger partial charge in [0.05, 0.1) is 5.92 Å². The second-order valence-corrected chi connectivity index (χ2v) is 8.09. The summed E-state index contributed by atoms with van der Waals surface area (Å²) in [6.45, 7) is 4.41. The molecule has 0 radical (unpaired) electrons. The van der Waals surface area contributed by atoms with Gasteiger partial charge in [0.2, 0.25) is 5.91 Å². The van der Waals surface area contributed by atoms with Crippen molar-refractivity contribution in [1.82, 2.24) is 10.2 Å². The minimum absolute atomic E-state index is 0.0773. The molecule has 0 unspecified atom stereocenters. The monoisotopic (exact) mass is 378 g/mol. The first-order valence-electron chi connectivity index (χ1n) is 10.5. The van der Waals surface area contributed by atoms with Crippen LogP contribution in [0.3, 0.4) is 0 Å². The summed E-state index contributed by atoms with van der Waals surface area (Å²) in [6, 6.07) is 18.8. The average Bonchev–Trinajstić information content (AvgIpc) is 2.75. The van der Waals surface area contributed by atoms with Gasteiger partial charge < -0.3 is 15.0 Å². The van der Waals surface area contributed by atoms with E-state index in [0.29, 0.717) is 6.61 Å². The van der Waals surface area contributed by atoms with E-state index in [1.165, 1.54) is 24.8 Å². The molecule has 2 aromatic rings. The number of benzene rings is 2. The fourth-order valence-corrected chi connectivity index (χ4v) is 4.34. The third-order valence-electron chi connectivity index (χ3n) is 6.05. The minimum Gasteiger partial charge on any atom is -0.492 e. The highest BCUT2D eigenvalue weighted by Crippen LogP contribution is 2.27. The zero-order chi connectivity index (χ0) is 19.2. The fourth-order valence-electron chi connectivity index (χ4n) is 4.34. The van der Waals surface area contributed by atoms with Gasteiger partial charge in [-0.2, -0.15) is 0 Å². The van der Waals surface area contributed by atoms with Crippen molar-refractivity contribution < 1.29 is 9.53 Å². The van der Waals surface area contributed by atoms with Crippen LogP contribution >= 0.6 is 0 Å². The van der Waals surface area contributed by atoms with Crippen LogP contribution in [0.2, 0.25) is 0 Å². The van der Waals surface area contributed by atoms with Crippen molar-refractivity contribution in [2.75, 3.05) is 32.8 Å². The number of hydrogen-bond donors (Lipinski definition) is 1. The van der Waals surface area contributed by atoms with Gasteiger partial charge in [-0.15, -0.1) is 0 Å². The summed E-state index contributed by atoms with van der Waals surface area (Å²) in [6.07, 6.45) is 4.45. The first-order valence-corrected chi connectivity index (χ1v) is 10.5. The van der Waals surface area contributed by atoms with E-state index in [4.69, 9.17) is 4.74 Å². The highest BCUT2D eigenvalue weighted by atomic mass is 16.5. The van der Waals surface area contributed by atoms with Gasteiger partial charge in [0.15, 0.2) is 0 Å². The number of likely N-dealkylation sites (tertiary alicyclic amines) is 1. The van der Waals surface area contributed by atoms with Crippen molar-refractivity contribution >= 4 is 5.91 Å². The number of nitrogens with one attached hydrogen (secondary N) is 1. The summed E-state index contributed by atoms with van der Waals surface area (Å²) >= 11 is 0. The summed E-state index contributed by atoms with van der Waals surface area (Å²) in [7, 11) is 0. The smallest absolute Gasteiger partial charge is 0.226 e. The van der Waals surface area contributed by atoms with Crippen molar-refractivity contribution in [1.29, 1.82) is 0 Å². The molecule has 2 aliphatic rings. The van der Waals surface area contributed by atoms with Gasteiger partial charge in [-0.25, -0.2) is 0 Å². The van der Waals surface area contributed by atoms with Gasteiger partial charge in [0, 0.05) is 13.1 Å². The largest absolute Gasteiger partial charge is 0.492 e. The zero-order valence-corrected chi connectivity index (χ0v) is 16.5. The number of rotatable bonds is 6. The van der Waals surface area contributed by atoms with Crippen molar-refractivity contribution in [3.05, 3.63) is 65.7 Å². The van der Waals surface area contributed by atoms with E-state index in [-0.39, 0.29) is 11.8 Å². The van der Waals surface area contributed by atoms with E-state index >= 15 is 0 Å². The number of hydrogen-bond acceptors (Lipinski definition) is 3. The maximum Gasteiger partial charge on any atom is 0.226 e. The van der Waals surface area contributed by atoms with Crippen LogP contribution in [0.1, 0.15) is 24.0 Å². The molecule has 1 fully saturated rings. The quantitative estimate of drug-likeness (QED) is 0.839. The Balaban J connectivity index is 1.15. The van der Waals surface area contributed by atoms with E-state index in [2.05, 4.69) is 40.5 Å². The van der Waals surface area contributed by atoms with Crippen molar-refractivity contribution in [3.63, 3.8) is 0 Å². The third-order valence-corrected chi connectivity index (χ3v) is 6.05. The van der Waals surface area contributed by atoms with Gasteiger partial charge in [0.25, 0.3) is 0 Å². The summed E-state index contributed by atoms with van der Waals surface area (Å²) in [5.74, 6) is 1.75. The van der Waals surface area contributed by atoms with Crippen molar-refractivity contribution in [2.45, 2.75) is 25.7 Å². The fraction of sp³-hybridized carbons (Fsp3) is 0.458. The Morgan fingerprint density at radius 1 is 1.04 bits per heavy atom. The average molecular weight is 379 g/mol. The zero-order valence-electron chi connectivity index (χ0n) is 16.5. The Morgan fingerprint density at radius 2 is 1.79 bits per heavy atom. The first kappa shape index (κ1) is 19.0. The molecule has 1 atom stereocenters. The van der Waals surface area contributed by atoms with Crippen molar-refractivity contribution in [2.24, 2.45) is 11.8 Å². The Kier molecular flexibility index (Phi) is 6.27. The van der Waals surface area contributed by atoms with E-state index in [1.54, 1.807) is 0 Å². The van der Waals surface area contributed by atoms with Crippen LogP contribution in [0, 0.1) is 11.8 Å². The summed E-state index contributed by atoms with van der Waals surface area (Å²) in [5, 5.41) is 3.12. The SMILES string of the molecule is O=C(NCCN1CCC(Cc2ccccc2)CC1)[C@@H]1COc2ccccc2C1. The number of amides is 1. The lowest BCUT2D eigenvalue weighted by atomic mass is 9.90. The Morgan fingerprint density at radius 3 is 2.61 bits per heavy atom. The van der Waals surface area contributed by atoms with E-state index in [1.807, 2.05) is 24.3 Å². The van der Waals surface area contributed by atoms with Crippen LogP contribution in [0.15, 0.2) is 54.6 Å². The molecule has 0 saturated carbocycles. The summed E-state index contributed by atoms with van der Waals surface area (Å²) in [4.78, 5) is 15.0. The van der Waals surface area contributed by atoms with Crippen LogP contribution in [-0.2, 0) is 17.6 Å². The van der Waals surface area contributed by atoms with Gasteiger partial charge in [-0.1, -0.05) is 48.5 Å². The molecule has 0 bridgehead atoms. The topological polar surface area (TPSA) is 41.6 Å². The summed E-state index contributed by atoms with van der Waals surface area (Å²) in [5.41, 5.74) is 2.58. The predicted molar refractivity (Wildman–Crippen MR) is 111 cm³/mol. The maximum absolute atomic E-state index is 12.5. The molecule has 0 spiro atoms. The molecule has 4 heteroatoms. The molecule has 2 aliphatic heterocycles. The van der Waals surface area contributed by atoms with E-state index in [0.717, 1.165) is 49.8 Å². The lowest BCUT2D eigenvalue weighted by Gasteiger charge is -2.32. The number of carbonyl (C=O) groups is 1. The molecular formula is C24H30N2O2. The molecule has 2 aromatic carbocycles. The summed E-state index contributed by atoms with van der Waals surface area (Å²) < 4.78 is 5.74. The normalized spacial score (nSPS) is 20.2. The number of ether oxygens (including phenoxy) is 1. The molecule has 0 aliphatic carbocycles. The standard InChI is InChI=1S/C24H30N2O2/c27-24(22-17-21-8-4-5-9-23(21)28-18-22)25-12-15-26-13-10-20(11-14-26)16-19-6-2-1-3-7-19/h1-9,20,22H,10-18H2,(H,25,27)/t22-/m0/s1. The molecule has 2 heterocycles. The molecule has 1 saturated heterocycles. The predicted octanol–water partition coefficient (Wildman–Crippen LogP) is 3.31. The number of nitrogens with zero attached hydrogens (tertiary/aromatic N) is 1. The van der Waals surface area contributed by atoms with Gasteiger partial charge in [-0.3, -0.25) is 4.79 Å². The van der Waals surface area contributed by atoms with Gasteiger partial charge >= 0.3 is 0 Å². The van der Waals surface area contributed by atoms with Crippen LogP contribution < -0.4 is 10.1 Å². The van der Waals surface area contributed by atoms with Gasteiger partial charge in [-0.05, 0) is 61.9 Å². The molecule has 148 valence electrons. The molecular weight excluding hydrogens is 348 g/mol. The number of fused-ring (bicyclic) bond motifs is 1. The van der Waals surface area contributed by atoms with Crippen LogP contribution in [-0.4, -0.2) is 43.6 Å². The molecule has 28 heavy (non-hydrogen) atoms. The number of piperidine rings is 1. The number of para-hydroxylation sites is 1. The second-order valence-electron chi connectivity index (χ2n) is 8.09. The maximum atomic E-state index is 12.5. The second kappa shape index (κ2) is 9.24. The highest BCUT2D eigenvalue weighted by Gasteiger charge is 2.26.